The van der Waals surface area contributed by atoms with E-state index in [9.17, 15) is 4.79 Å². The van der Waals surface area contributed by atoms with Crippen molar-refractivity contribution in [2.75, 3.05) is 39.6 Å². The second-order valence-electron chi connectivity index (χ2n) is 9.47. The fraction of sp³-hybridized carbons (Fsp3) is 0.400. The van der Waals surface area contributed by atoms with E-state index in [1.165, 1.54) is 0 Å². The Kier molecular flexibility index (Phi) is 9.46. The molecule has 0 aliphatic carbocycles. The van der Waals surface area contributed by atoms with Gasteiger partial charge < -0.3 is 38.8 Å². The normalized spacial score (nSPS) is 19.1. The number of aromatic nitrogens is 2. The summed E-state index contributed by atoms with van der Waals surface area (Å²) in [4.78, 5) is 21.1. The summed E-state index contributed by atoms with van der Waals surface area (Å²) in [5.74, 6) is 0.155. The number of para-hydroxylation sites is 3. The van der Waals surface area contributed by atoms with Crippen LogP contribution in [0.15, 0.2) is 71.0 Å². The lowest BCUT2D eigenvalue weighted by Gasteiger charge is -2.36. The summed E-state index contributed by atoms with van der Waals surface area (Å²) < 4.78 is 29.1. The minimum atomic E-state index is -0.658. The molecular weight excluding hydrogens is 514 g/mol. The first-order valence-electron chi connectivity index (χ1n) is 13.6. The number of nitrogens with one attached hydrogen (secondary N) is 2. The van der Waals surface area contributed by atoms with Crippen LogP contribution >= 0.6 is 0 Å². The lowest BCUT2D eigenvalue weighted by atomic mass is 9.81. The van der Waals surface area contributed by atoms with E-state index in [0.717, 1.165) is 27.6 Å². The molecule has 1 aliphatic heterocycles. The molecule has 1 amide bonds. The third-order valence-corrected chi connectivity index (χ3v) is 6.87. The van der Waals surface area contributed by atoms with Crippen molar-refractivity contribution in [2.24, 2.45) is 5.92 Å². The molecule has 10 heteroatoms. The quantitative estimate of drug-likeness (QED) is 0.201. The summed E-state index contributed by atoms with van der Waals surface area (Å²) >= 11 is 0. The van der Waals surface area contributed by atoms with Gasteiger partial charge in [0.1, 0.15) is 11.4 Å². The van der Waals surface area contributed by atoms with Crippen molar-refractivity contribution in [3.05, 3.63) is 78.0 Å². The zero-order chi connectivity index (χ0) is 27.7. The number of carbonyl (C=O) groups excluding carboxylic acids is 1. The fourth-order valence-corrected chi connectivity index (χ4v) is 5.00. The summed E-state index contributed by atoms with van der Waals surface area (Å²) in [6.45, 7) is 4.08. The monoisotopic (exact) mass is 549 g/mol. The van der Waals surface area contributed by atoms with Gasteiger partial charge in [-0.05, 0) is 37.6 Å². The molecule has 3 N–H and O–H groups in total. The average Bonchev–Trinajstić information content (AvgIpc) is 3.60. The Bertz CT molecular complexity index is 1400. The number of carbonyl (C=O) groups is 1. The van der Waals surface area contributed by atoms with Gasteiger partial charge in [0.15, 0.2) is 5.76 Å². The number of allylic oxidation sites excluding steroid dienone is 1. The molecule has 0 fully saturated rings. The van der Waals surface area contributed by atoms with Crippen molar-refractivity contribution in [3.8, 4) is 0 Å². The van der Waals surface area contributed by atoms with Crippen LogP contribution in [0.2, 0.25) is 0 Å². The first kappa shape index (κ1) is 27.9. The Morgan fingerprint density at radius 3 is 2.70 bits per heavy atom. The number of aliphatic hydroxyl groups is 1. The standard InChI is InChI=1S/C30H35N3O7/c1-2-38-30-21(11-13-36-15-16-37-14-12-34)22(23-19-39-26-10-6-3-7-20(23)26)17-27(40-30)29(35)31-18-28-32-24-8-4-5-9-25(24)33-28/h3-10,17,19,21-22,30,34H,2,11-16,18H2,1H3,(H,31,35)(H,32,33)/t21-,22+,30-/m1/s1. The molecule has 2 aromatic heterocycles. The minimum Gasteiger partial charge on any atom is -0.464 e. The molecule has 0 radical (unpaired) electrons. The van der Waals surface area contributed by atoms with E-state index in [2.05, 4.69) is 15.3 Å². The van der Waals surface area contributed by atoms with E-state index in [4.69, 9.17) is 28.5 Å². The number of H-pyrrole nitrogens is 1. The van der Waals surface area contributed by atoms with Crippen molar-refractivity contribution in [2.45, 2.75) is 32.1 Å². The van der Waals surface area contributed by atoms with Crippen LogP contribution in [0.3, 0.4) is 0 Å². The van der Waals surface area contributed by atoms with Crippen molar-refractivity contribution in [1.29, 1.82) is 0 Å². The van der Waals surface area contributed by atoms with Crippen LogP contribution in [0, 0.1) is 5.92 Å². The van der Waals surface area contributed by atoms with Gasteiger partial charge in [0.2, 0.25) is 6.29 Å². The Labute approximate surface area is 232 Å². The smallest absolute Gasteiger partial charge is 0.286 e. The van der Waals surface area contributed by atoms with Crippen LogP contribution in [0.25, 0.3) is 22.0 Å². The van der Waals surface area contributed by atoms with E-state index in [1.807, 2.05) is 61.5 Å². The highest BCUT2D eigenvalue weighted by molar-refractivity contribution is 5.92. The van der Waals surface area contributed by atoms with Crippen LogP contribution in [0.5, 0.6) is 0 Å². The Hall–Kier alpha value is -3.70. The lowest BCUT2D eigenvalue weighted by molar-refractivity contribution is -0.168. The van der Waals surface area contributed by atoms with E-state index in [0.29, 0.717) is 38.7 Å². The largest absolute Gasteiger partial charge is 0.464 e. The van der Waals surface area contributed by atoms with Crippen molar-refractivity contribution < 1.29 is 33.3 Å². The maximum atomic E-state index is 13.3. The number of aliphatic hydroxyl groups excluding tert-OH is 1. The van der Waals surface area contributed by atoms with Gasteiger partial charge >= 0.3 is 0 Å². The summed E-state index contributed by atoms with van der Waals surface area (Å²) in [6, 6.07) is 15.6. The van der Waals surface area contributed by atoms with Crippen molar-refractivity contribution >= 4 is 27.9 Å². The number of imidazole rings is 1. The van der Waals surface area contributed by atoms with Gasteiger partial charge in [-0.2, -0.15) is 0 Å². The number of fused-ring (bicyclic) bond motifs is 2. The molecule has 40 heavy (non-hydrogen) atoms. The molecule has 212 valence electrons. The van der Waals surface area contributed by atoms with Gasteiger partial charge in [-0.25, -0.2) is 4.98 Å². The Balaban J connectivity index is 1.35. The second-order valence-corrected chi connectivity index (χ2v) is 9.47. The Morgan fingerprint density at radius 1 is 1.07 bits per heavy atom. The molecule has 4 aromatic rings. The minimum absolute atomic E-state index is 0.0176. The molecule has 2 aromatic carbocycles. The van der Waals surface area contributed by atoms with Crippen LogP contribution in [-0.4, -0.2) is 66.9 Å². The van der Waals surface area contributed by atoms with E-state index < -0.39 is 6.29 Å². The summed E-state index contributed by atoms with van der Waals surface area (Å²) in [5.41, 5.74) is 3.49. The summed E-state index contributed by atoms with van der Waals surface area (Å²) in [7, 11) is 0. The van der Waals surface area contributed by atoms with Gasteiger partial charge in [0.05, 0.1) is 50.3 Å². The summed E-state index contributed by atoms with van der Waals surface area (Å²) in [6.07, 6.45) is 3.57. The second kappa shape index (κ2) is 13.6. The predicted molar refractivity (Wildman–Crippen MR) is 148 cm³/mol. The van der Waals surface area contributed by atoms with Gasteiger partial charge in [0.25, 0.3) is 5.91 Å². The number of furan rings is 1. The van der Waals surface area contributed by atoms with Gasteiger partial charge in [0, 0.05) is 36.0 Å². The molecule has 0 spiro atoms. The van der Waals surface area contributed by atoms with Gasteiger partial charge in [-0.3, -0.25) is 4.79 Å². The molecule has 0 bridgehead atoms. The van der Waals surface area contributed by atoms with Gasteiger partial charge in [-0.15, -0.1) is 0 Å². The number of hydrogen-bond acceptors (Lipinski definition) is 8. The number of amides is 1. The molecule has 0 unspecified atom stereocenters. The van der Waals surface area contributed by atoms with Crippen LogP contribution in [0.4, 0.5) is 0 Å². The van der Waals surface area contributed by atoms with Crippen molar-refractivity contribution in [1.82, 2.24) is 15.3 Å². The Morgan fingerprint density at radius 2 is 1.88 bits per heavy atom. The number of aromatic amines is 1. The number of rotatable bonds is 14. The SMILES string of the molecule is CCO[C@@H]1OC(C(=O)NCc2nc3ccccc3[nH]2)=C[C@H](c2coc3ccccc23)[C@H]1CCOCCOCCO. The molecular formula is C30H35N3O7. The molecule has 1 aliphatic rings. The van der Waals surface area contributed by atoms with E-state index >= 15 is 0 Å². The zero-order valence-electron chi connectivity index (χ0n) is 22.5. The maximum Gasteiger partial charge on any atom is 0.286 e. The van der Waals surface area contributed by atoms with Crippen LogP contribution < -0.4 is 5.32 Å². The van der Waals surface area contributed by atoms with E-state index in [1.54, 1.807) is 6.26 Å². The molecule has 5 rings (SSSR count). The number of hydrogen-bond donors (Lipinski definition) is 3. The molecule has 10 nitrogen and oxygen atoms in total. The average molecular weight is 550 g/mol. The third kappa shape index (κ3) is 6.53. The van der Waals surface area contributed by atoms with Crippen LogP contribution in [0.1, 0.15) is 30.7 Å². The first-order chi connectivity index (χ1) is 19.7. The number of nitrogens with zero attached hydrogens (tertiary/aromatic N) is 1. The van der Waals surface area contributed by atoms with E-state index in [-0.39, 0.29) is 43.3 Å². The molecule has 0 saturated carbocycles. The fourth-order valence-electron chi connectivity index (χ4n) is 5.00. The lowest BCUT2D eigenvalue weighted by Crippen LogP contribution is -2.39. The molecule has 3 atom stereocenters. The highest BCUT2D eigenvalue weighted by atomic mass is 16.7. The maximum absolute atomic E-state index is 13.3. The molecule has 0 saturated heterocycles. The van der Waals surface area contributed by atoms with Gasteiger partial charge in [-0.1, -0.05) is 30.3 Å². The third-order valence-electron chi connectivity index (χ3n) is 6.87. The first-order valence-corrected chi connectivity index (χ1v) is 13.6. The highest BCUT2D eigenvalue weighted by Crippen LogP contribution is 2.42. The molecule has 3 heterocycles. The predicted octanol–water partition coefficient (Wildman–Crippen LogP) is 4.02. The number of benzene rings is 2. The van der Waals surface area contributed by atoms with Crippen molar-refractivity contribution in [3.63, 3.8) is 0 Å². The van der Waals surface area contributed by atoms with Crippen LogP contribution in [-0.2, 0) is 30.3 Å². The zero-order valence-corrected chi connectivity index (χ0v) is 22.5. The number of ether oxygens (including phenoxy) is 4. The topological polar surface area (TPSA) is 128 Å². The summed E-state index contributed by atoms with van der Waals surface area (Å²) in [5, 5.41) is 12.8. The highest BCUT2D eigenvalue weighted by Gasteiger charge is 2.39.